The largest absolute Gasteiger partial charge is 0.494 e. The molecule has 2 rings (SSSR count). The minimum Gasteiger partial charge on any atom is -0.494 e. The number of alkyl halides is 1. The number of ether oxygens (including phenoxy) is 1. The highest BCUT2D eigenvalue weighted by Crippen LogP contribution is 2.39. The van der Waals surface area contributed by atoms with Gasteiger partial charge in [-0.25, -0.2) is 4.39 Å². The summed E-state index contributed by atoms with van der Waals surface area (Å²) >= 11 is 10.8. The van der Waals surface area contributed by atoms with Crippen molar-refractivity contribution in [1.29, 1.82) is 0 Å². The first-order valence-electron chi connectivity index (χ1n) is 5.87. The number of methoxy groups -OCH3 is 1. The Morgan fingerprint density at radius 1 is 1.10 bits per heavy atom. The van der Waals surface area contributed by atoms with E-state index in [1.54, 1.807) is 12.1 Å². The molecule has 0 saturated carbocycles. The van der Waals surface area contributed by atoms with E-state index in [0.717, 1.165) is 25.6 Å². The molecule has 0 spiro atoms. The molecule has 0 aromatic heterocycles. The van der Waals surface area contributed by atoms with E-state index in [1.165, 1.54) is 13.2 Å². The summed E-state index contributed by atoms with van der Waals surface area (Å²) in [5.41, 5.74) is 3.15. The number of aryl methyl sites for hydroxylation is 1. The van der Waals surface area contributed by atoms with Crippen LogP contribution in [0.4, 0.5) is 4.39 Å². The van der Waals surface area contributed by atoms with Crippen molar-refractivity contribution in [1.82, 2.24) is 0 Å². The molecule has 0 N–H and O–H groups in total. The monoisotopic (exact) mass is 464 g/mol. The lowest BCUT2D eigenvalue weighted by Crippen LogP contribution is -1.97. The minimum absolute atomic E-state index is 0.0525. The lowest BCUT2D eigenvalue weighted by Gasteiger charge is -2.15. The molecular weight excluding hydrogens is 455 g/mol. The second kappa shape index (κ2) is 6.58. The van der Waals surface area contributed by atoms with Gasteiger partial charge in [0.15, 0.2) is 11.6 Å². The Bertz CT molecular complexity index is 643. The summed E-state index contributed by atoms with van der Waals surface area (Å²) in [5.74, 6) is -0.116. The molecule has 1 nitrogen and oxygen atoms in total. The van der Waals surface area contributed by atoms with E-state index in [1.807, 2.05) is 6.92 Å². The third-order valence-corrected chi connectivity index (χ3v) is 5.58. The standard InChI is InChI=1S/C15H12Br3FO/c1-8-5-12(17)10(7-11(8)16)15(18)9-3-4-13(19)14(6-9)20-2/h3-7,15H,1-2H3. The lowest BCUT2D eigenvalue weighted by atomic mass is 10.0. The minimum atomic E-state index is -0.361. The van der Waals surface area contributed by atoms with Crippen molar-refractivity contribution in [2.75, 3.05) is 7.11 Å². The fourth-order valence-corrected chi connectivity index (χ4v) is 3.89. The third-order valence-electron chi connectivity index (χ3n) is 3.02. The SMILES string of the molecule is COc1cc(C(Br)c2cc(Br)c(C)cc2Br)ccc1F. The van der Waals surface area contributed by atoms with Crippen molar-refractivity contribution >= 4 is 47.8 Å². The first kappa shape index (κ1) is 16.0. The molecule has 5 heteroatoms. The zero-order valence-corrected chi connectivity index (χ0v) is 15.6. The Morgan fingerprint density at radius 2 is 1.80 bits per heavy atom. The second-order valence-corrected chi connectivity index (χ2v) is 7.00. The summed E-state index contributed by atoms with van der Waals surface area (Å²) in [6, 6.07) is 8.97. The van der Waals surface area contributed by atoms with Gasteiger partial charge in [0.05, 0.1) is 11.9 Å². The van der Waals surface area contributed by atoms with Crippen LogP contribution in [0.2, 0.25) is 0 Å². The molecule has 1 atom stereocenters. The summed E-state index contributed by atoms with van der Waals surface area (Å²) in [4.78, 5) is -0.0525. The maximum Gasteiger partial charge on any atom is 0.165 e. The summed E-state index contributed by atoms with van der Waals surface area (Å²) in [7, 11) is 1.46. The van der Waals surface area contributed by atoms with Crippen LogP contribution < -0.4 is 4.74 Å². The lowest BCUT2D eigenvalue weighted by molar-refractivity contribution is 0.386. The first-order chi connectivity index (χ1) is 9.43. The molecule has 2 aromatic carbocycles. The Kier molecular flexibility index (Phi) is 5.26. The van der Waals surface area contributed by atoms with Gasteiger partial charge in [-0.05, 0) is 47.9 Å². The van der Waals surface area contributed by atoms with Gasteiger partial charge in [0, 0.05) is 8.95 Å². The van der Waals surface area contributed by atoms with E-state index in [-0.39, 0.29) is 16.4 Å². The zero-order valence-electron chi connectivity index (χ0n) is 10.9. The highest BCUT2D eigenvalue weighted by Gasteiger charge is 2.17. The Morgan fingerprint density at radius 3 is 2.45 bits per heavy atom. The molecule has 0 fully saturated rings. The molecule has 0 aliphatic rings. The van der Waals surface area contributed by atoms with E-state index in [9.17, 15) is 4.39 Å². The predicted molar refractivity (Wildman–Crippen MR) is 90.3 cm³/mol. The smallest absolute Gasteiger partial charge is 0.165 e. The Hall–Kier alpha value is -0.390. The molecule has 1 unspecified atom stereocenters. The molecule has 0 saturated heterocycles. The fourth-order valence-electron chi connectivity index (χ4n) is 1.87. The van der Waals surface area contributed by atoms with Crippen LogP contribution >= 0.6 is 47.8 Å². The average molecular weight is 467 g/mol. The maximum atomic E-state index is 13.5. The number of benzene rings is 2. The first-order valence-corrected chi connectivity index (χ1v) is 8.37. The van der Waals surface area contributed by atoms with Crippen LogP contribution in [0.15, 0.2) is 39.3 Å². The number of hydrogen-bond acceptors (Lipinski definition) is 1. The molecule has 0 heterocycles. The van der Waals surface area contributed by atoms with Crippen LogP contribution in [0, 0.1) is 12.7 Å². The highest BCUT2D eigenvalue weighted by molar-refractivity contribution is 9.11. The van der Waals surface area contributed by atoms with Gasteiger partial charge in [-0.3, -0.25) is 0 Å². The molecule has 0 aliphatic carbocycles. The van der Waals surface area contributed by atoms with Gasteiger partial charge < -0.3 is 4.74 Å². The van der Waals surface area contributed by atoms with Gasteiger partial charge >= 0.3 is 0 Å². The summed E-state index contributed by atoms with van der Waals surface area (Å²) in [5, 5.41) is 0. The quantitative estimate of drug-likeness (QED) is 0.493. The molecule has 0 aliphatic heterocycles. The fraction of sp³-hybridized carbons (Fsp3) is 0.200. The van der Waals surface area contributed by atoms with Crippen LogP contribution in [0.5, 0.6) is 5.75 Å². The molecular formula is C15H12Br3FO. The van der Waals surface area contributed by atoms with Crippen LogP contribution in [-0.4, -0.2) is 7.11 Å². The van der Waals surface area contributed by atoms with Gasteiger partial charge in [0.1, 0.15) is 0 Å². The Balaban J connectivity index is 2.46. The summed E-state index contributed by atoms with van der Waals surface area (Å²) < 4.78 is 20.5. The van der Waals surface area contributed by atoms with Crippen LogP contribution in [-0.2, 0) is 0 Å². The van der Waals surface area contributed by atoms with Gasteiger partial charge in [-0.1, -0.05) is 53.9 Å². The predicted octanol–water partition coefficient (Wildman–Crippen LogP) is 6.15. The third kappa shape index (κ3) is 3.26. The van der Waals surface area contributed by atoms with Crippen molar-refractivity contribution in [2.45, 2.75) is 11.8 Å². The van der Waals surface area contributed by atoms with E-state index in [0.29, 0.717) is 0 Å². The van der Waals surface area contributed by atoms with Crippen molar-refractivity contribution in [3.63, 3.8) is 0 Å². The maximum absolute atomic E-state index is 13.5. The van der Waals surface area contributed by atoms with E-state index >= 15 is 0 Å². The number of halogens is 4. The second-order valence-electron chi connectivity index (χ2n) is 4.38. The van der Waals surface area contributed by atoms with E-state index < -0.39 is 0 Å². The number of rotatable bonds is 3. The molecule has 2 aromatic rings. The van der Waals surface area contributed by atoms with Gasteiger partial charge in [0.2, 0.25) is 0 Å². The molecule has 0 amide bonds. The molecule has 106 valence electrons. The van der Waals surface area contributed by atoms with Gasteiger partial charge in [-0.2, -0.15) is 0 Å². The molecule has 20 heavy (non-hydrogen) atoms. The molecule has 0 bridgehead atoms. The van der Waals surface area contributed by atoms with Crippen LogP contribution in [0.3, 0.4) is 0 Å². The number of hydrogen-bond donors (Lipinski definition) is 0. The van der Waals surface area contributed by atoms with Crippen molar-refractivity contribution in [3.05, 3.63) is 61.8 Å². The summed E-state index contributed by atoms with van der Waals surface area (Å²) in [6.45, 7) is 2.03. The van der Waals surface area contributed by atoms with Crippen LogP contribution in [0.1, 0.15) is 21.5 Å². The van der Waals surface area contributed by atoms with Crippen molar-refractivity contribution in [3.8, 4) is 5.75 Å². The van der Waals surface area contributed by atoms with Gasteiger partial charge in [-0.15, -0.1) is 0 Å². The zero-order chi connectivity index (χ0) is 14.9. The summed E-state index contributed by atoms with van der Waals surface area (Å²) in [6.07, 6.45) is 0. The van der Waals surface area contributed by atoms with Crippen molar-refractivity contribution < 1.29 is 9.13 Å². The van der Waals surface area contributed by atoms with E-state index in [2.05, 4.69) is 59.9 Å². The Labute approximate surface area is 142 Å². The van der Waals surface area contributed by atoms with Gasteiger partial charge in [0.25, 0.3) is 0 Å². The normalized spacial score (nSPS) is 12.3. The molecule has 0 radical (unpaired) electrons. The average Bonchev–Trinajstić information content (AvgIpc) is 2.42. The highest BCUT2D eigenvalue weighted by atomic mass is 79.9. The van der Waals surface area contributed by atoms with Crippen LogP contribution in [0.25, 0.3) is 0 Å². The van der Waals surface area contributed by atoms with E-state index in [4.69, 9.17) is 4.74 Å². The topological polar surface area (TPSA) is 9.23 Å². The van der Waals surface area contributed by atoms with Crippen molar-refractivity contribution in [2.24, 2.45) is 0 Å².